The first-order valence-electron chi connectivity index (χ1n) is 5.20. The third kappa shape index (κ3) is 1.24. The van der Waals surface area contributed by atoms with Crippen molar-refractivity contribution in [3.63, 3.8) is 0 Å². The first-order valence-corrected chi connectivity index (χ1v) is 5.99. The average Bonchev–Trinajstić information content (AvgIpc) is 2.84. The summed E-state index contributed by atoms with van der Waals surface area (Å²) >= 11 is 3.50. The van der Waals surface area contributed by atoms with Crippen molar-refractivity contribution in [3.05, 3.63) is 15.9 Å². The Bertz CT molecular complexity index is 355. The van der Waals surface area contributed by atoms with Crippen LogP contribution in [0.5, 0.6) is 0 Å². The number of hydrogen-bond acceptors (Lipinski definition) is 2. The largest absolute Gasteiger partial charge is 0.370 e. The molecule has 0 N–H and O–H groups in total. The molecule has 0 unspecified atom stereocenters. The Kier molecular flexibility index (Phi) is 2.13. The molecule has 0 saturated heterocycles. The lowest BCUT2D eigenvalue weighted by Crippen LogP contribution is -2.09. The molecule has 0 atom stereocenters. The van der Waals surface area contributed by atoms with Crippen LogP contribution in [0.2, 0.25) is 0 Å². The van der Waals surface area contributed by atoms with Crippen molar-refractivity contribution >= 4 is 15.9 Å². The number of ether oxygens (including phenoxy) is 1. The third-order valence-corrected chi connectivity index (χ3v) is 3.86. The first kappa shape index (κ1) is 8.92. The minimum Gasteiger partial charge on any atom is -0.370 e. The van der Waals surface area contributed by atoms with E-state index in [-0.39, 0.29) is 0 Å². The van der Waals surface area contributed by atoms with E-state index >= 15 is 0 Å². The molecule has 1 aliphatic carbocycles. The summed E-state index contributed by atoms with van der Waals surface area (Å²) in [6.07, 6.45) is 5.25. The summed E-state index contributed by atoms with van der Waals surface area (Å²) in [6, 6.07) is 0.622. The van der Waals surface area contributed by atoms with Gasteiger partial charge in [-0.1, -0.05) is 12.8 Å². The van der Waals surface area contributed by atoms with E-state index in [1.165, 1.54) is 36.9 Å². The van der Waals surface area contributed by atoms with Crippen molar-refractivity contribution in [1.82, 2.24) is 9.78 Å². The molecule has 0 bridgehead atoms. The van der Waals surface area contributed by atoms with Crippen molar-refractivity contribution in [2.24, 2.45) is 0 Å². The van der Waals surface area contributed by atoms with Crippen LogP contribution >= 0.6 is 15.9 Å². The molecule has 1 aliphatic heterocycles. The molecule has 1 fully saturated rings. The Hall–Kier alpha value is -0.350. The van der Waals surface area contributed by atoms with Crippen LogP contribution < -0.4 is 0 Å². The predicted molar refractivity (Wildman–Crippen MR) is 55.9 cm³/mol. The molecule has 3 nitrogen and oxygen atoms in total. The Morgan fingerprint density at radius 3 is 2.86 bits per heavy atom. The van der Waals surface area contributed by atoms with Gasteiger partial charge >= 0.3 is 0 Å². The zero-order chi connectivity index (χ0) is 9.54. The molecule has 1 aromatic heterocycles. The van der Waals surface area contributed by atoms with Gasteiger partial charge in [-0.15, -0.1) is 0 Å². The van der Waals surface area contributed by atoms with Crippen LogP contribution in [0.25, 0.3) is 0 Å². The van der Waals surface area contributed by atoms with Gasteiger partial charge in [0.25, 0.3) is 0 Å². The summed E-state index contributed by atoms with van der Waals surface area (Å²) in [6.45, 7) is 1.47. The lowest BCUT2D eigenvalue weighted by atomic mass is 10.2. The fraction of sp³-hybridized carbons (Fsp3) is 0.700. The minimum absolute atomic E-state index is 0.622. The Balaban J connectivity index is 2.01. The van der Waals surface area contributed by atoms with Crippen molar-refractivity contribution in [2.45, 2.75) is 44.9 Å². The highest BCUT2D eigenvalue weighted by atomic mass is 79.9. The summed E-state index contributed by atoms with van der Waals surface area (Å²) in [4.78, 5) is 0. The lowest BCUT2D eigenvalue weighted by molar-refractivity contribution is 0.127. The van der Waals surface area contributed by atoms with Crippen LogP contribution in [-0.2, 0) is 18.0 Å². The molecule has 0 aromatic carbocycles. The molecular weight excluding hydrogens is 244 g/mol. The monoisotopic (exact) mass is 256 g/mol. The maximum Gasteiger partial charge on any atom is 0.134 e. The molecule has 1 saturated carbocycles. The van der Waals surface area contributed by atoms with E-state index in [9.17, 15) is 0 Å². The zero-order valence-corrected chi connectivity index (χ0v) is 9.59. The van der Waals surface area contributed by atoms with Crippen LogP contribution in [0.4, 0.5) is 0 Å². The topological polar surface area (TPSA) is 27.1 Å². The van der Waals surface area contributed by atoms with Gasteiger partial charge in [0.15, 0.2) is 0 Å². The molecule has 0 spiro atoms. The molecule has 4 heteroatoms. The first-order chi connectivity index (χ1) is 6.86. The van der Waals surface area contributed by atoms with E-state index in [1.807, 2.05) is 0 Å². The minimum atomic E-state index is 0.622. The summed E-state index contributed by atoms with van der Waals surface area (Å²) < 4.78 is 8.62. The van der Waals surface area contributed by atoms with E-state index in [1.54, 1.807) is 0 Å². The fourth-order valence-corrected chi connectivity index (χ4v) is 2.98. The summed E-state index contributed by atoms with van der Waals surface area (Å²) in [7, 11) is 0. The second kappa shape index (κ2) is 3.35. The van der Waals surface area contributed by atoms with E-state index in [4.69, 9.17) is 4.74 Å². The molecule has 3 rings (SSSR count). The maximum absolute atomic E-state index is 5.45. The van der Waals surface area contributed by atoms with Gasteiger partial charge in [-0.2, -0.15) is 5.10 Å². The summed E-state index contributed by atoms with van der Waals surface area (Å²) in [5.41, 5.74) is 2.56. The molecule has 1 aromatic rings. The fourth-order valence-electron chi connectivity index (χ4n) is 2.47. The normalized spacial score (nSPS) is 21.8. The molecular formula is C10H13BrN2O. The second-order valence-corrected chi connectivity index (χ2v) is 4.84. The van der Waals surface area contributed by atoms with Crippen LogP contribution in [0.15, 0.2) is 4.60 Å². The average molecular weight is 257 g/mol. The molecule has 14 heavy (non-hydrogen) atoms. The standard InChI is InChI=1S/C10H13BrN2O/c11-10-8-5-14-6-9(8)13(12-10)7-3-1-2-4-7/h7H,1-6H2. The Morgan fingerprint density at radius 1 is 1.29 bits per heavy atom. The van der Waals surface area contributed by atoms with Gasteiger partial charge in [0.1, 0.15) is 4.60 Å². The van der Waals surface area contributed by atoms with Crippen molar-refractivity contribution in [1.29, 1.82) is 0 Å². The number of nitrogens with zero attached hydrogens (tertiary/aromatic N) is 2. The van der Waals surface area contributed by atoms with Gasteiger partial charge in [-0.25, -0.2) is 0 Å². The molecule has 0 radical (unpaired) electrons. The van der Waals surface area contributed by atoms with E-state index < -0.39 is 0 Å². The smallest absolute Gasteiger partial charge is 0.134 e. The quantitative estimate of drug-likeness (QED) is 0.773. The van der Waals surface area contributed by atoms with Gasteiger partial charge in [-0.05, 0) is 28.8 Å². The number of halogens is 1. The lowest BCUT2D eigenvalue weighted by Gasteiger charge is -2.12. The third-order valence-electron chi connectivity index (χ3n) is 3.23. The highest BCUT2D eigenvalue weighted by Gasteiger charge is 2.27. The second-order valence-electron chi connectivity index (χ2n) is 4.09. The van der Waals surface area contributed by atoms with E-state index in [0.717, 1.165) is 17.8 Å². The summed E-state index contributed by atoms with van der Waals surface area (Å²) in [5.74, 6) is 0. The number of aromatic nitrogens is 2. The van der Waals surface area contributed by atoms with Gasteiger partial charge < -0.3 is 4.74 Å². The van der Waals surface area contributed by atoms with Gasteiger partial charge in [0.2, 0.25) is 0 Å². The predicted octanol–water partition coefficient (Wildman–Crippen LogP) is 2.79. The number of rotatable bonds is 1. The van der Waals surface area contributed by atoms with Crippen LogP contribution in [0, 0.1) is 0 Å². The van der Waals surface area contributed by atoms with Crippen LogP contribution in [0.1, 0.15) is 43.0 Å². The van der Waals surface area contributed by atoms with Crippen molar-refractivity contribution < 1.29 is 4.74 Å². The van der Waals surface area contributed by atoms with Crippen molar-refractivity contribution in [3.8, 4) is 0 Å². The number of fused-ring (bicyclic) bond motifs is 1. The number of hydrogen-bond donors (Lipinski definition) is 0. The van der Waals surface area contributed by atoms with Crippen LogP contribution in [-0.4, -0.2) is 9.78 Å². The highest BCUT2D eigenvalue weighted by molar-refractivity contribution is 9.10. The SMILES string of the molecule is Brc1nn(C2CCCC2)c2c1COC2. The molecule has 2 heterocycles. The maximum atomic E-state index is 5.45. The van der Waals surface area contributed by atoms with Crippen molar-refractivity contribution in [2.75, 3.05) is 0 Å². The van der Waals surface area contributed by atoms with E-state index in [0.29, 0.717) is 6.04 Å². The van der Waals surface area contributed by atoms with Gasteiger partial charge in [-0.3, -0.25) is 4.68 Å². The Morgan fingerprint density at radius 2 is 2.07 bits per heavy atom. The van der Waals surface area contributed by atoms with Crippen LogP contribution in [0.3, 0.4) is 0 Å². The highest BCUT2D eigenvalue weighted by Crippen LogP contribution is 2.35. The summed E-state index contributed by atoms with van der Waals surface area (Å²) in [5, 5.41) is 4.57. The molecule has 0 amide bonds. The molecule has 76 valence electrons. The molecule has 2 aliphatic rings. The van der Waals surface area contributed by atoms with E-state index in [2.05, 4.69) is 25.7 Å². The Labute approximate surface area is 91.6 Å². The van der Waals surface area contributed by atoms with Gasteiger partial charge in [0, 0.05) is 5.56 Å². The van der Waals surface area contributed by atoms with Gasteiger partial charge in [0.05, 0.1) is 24.9 Å². The zero-order valence-electron chi connectivity index (χ0n) is 8.00.